The highest BCUT2D eigenvalue weighted by Gasteiger charge is 2.34. The molecule has 2 aromatic rings. The van der Waals surface area contributed by atoms with Crippen LogP contribution in [0.3, 0.4) is 0 Å². The quantitative estimate of drug-likeness (QED) is 0.670. The third kappa shape index (κ3) is 4.63. The van der Waals surface area contributed by atoms with Crippen LogP contribution >= 0.6 is 23.2 Å². The second kappa shape index (κ2) is 8.70. The molecule has 3 rings (SSSR count). The minimum Gasteiger partial charge on any atom is -0.446 e. The molecule has 0 bridgehead atoms. The summed E-state index contributed by atoms with van der Waals surface area (Å²) in [6.07, 6.45) is 3.30. The molecule has 0 saturated carbocycles. The summed E-state index contributed by atoms with van der Waals surface area (Å²) in [7, 11) is 0. The zero-order valence-corrected chi connectivity index (χ0v) is 18.7. The number of anilines is 2. The van der Waals surface area contributed by atoms with Crippen LogP contribution in [0.25, 0.3) is 0 Å². The summed E-state index contributed by atoms with van der Waals surface area (Å²) in [6.45, 7) is 6.77. The van der Waals surface area contributed by atoms with Crippen molar-refractivity contribution in [2.24, 2.45) is 0 Å². The largest absolute Gasteiger partial charge is 0.446 e. The molecular weight excluding hydrogens is 430 g/mol. The Hall–Kier alpha value is -2.51. The number of amides is 1. The Morgan fingerprint density at radius 1 is 1.33 bits per heavy atom. The summed E-state index contributed by atoms with van der Waals surface area (Å²) in [6, 6.07) is 6.73. The second-order valence-corrected chi connectivity index (χ2v) is 8.67. The maximum atomic E-state index is 13.1. The van der Waals surface area contributed by atoms with E-state index in [0.29, 0.717) is 39.2 Å². The molecule has 0 fully saturated rings. The molecule has 0 saturated heterocycles. The molecule has 9 heteroatoms. The predicted octanol–water partition coefficient (Wildman–Crippen LogP) is 5.25. The summed E-state index contributed by atoms with van der Waals surface area (Å²) in [5.74, 6) is 0.362. The number of aromatic nitrogens is 1. The van der Waals surface area contributed by atoms with Crippen molar-refractivity contribution in [1.82, 2.24) is 10.3 Å². The van der Waals surface area contributed by atoms with Gasteiger partial charge in [-0.1, -0.05) is 23.2 Å². The van der Waals surface area contributed by atoms with Crippen LogP contribution in [0, 0.1) is 6.92 Å². The van der Waals surface area contributed by atoms with Gasteiger partial charge in [0, 0.05) is 16.8 Å². The lowest BCUT2D eigenvalue weighted by Crippen LogP contribution is -2.43. The van der Waals surface area contributed by atoms with Gasteiger partial charge in [0.05, 0.1) is 22.8 Å². The molecule has 0 atom stereocenters. The molecule has 1 aromatic carbocycles. The molecule has 1 N–H and O–H groups in total. The van der Waals surface area contributed by atoms with Crippen LogP contribution in [0.15, 0.2) is 42.4 Å². The number of carbonyl (C=O) groups excluding carboxylic acids is 1. The van der Waals surface area contributed by atoms with Gasteiger partial charge in [-0.2, -0.15) is 0 Å². The lowest BCUT2D eigenvalue weighted by Gasteiger charge is -2.35. The Morgan fingerprint density at radius 2 is 2.07 bits per heavy atom. The fraction of sp³-hybridized carbons (Fsp3) is 0.333. The van der Waals surface area contributed by atoms with E-state index in [2.05, 4.69) is 10.3 Å². The normalized spacial score (nSPS) is 14.0. The number of pyridine rings is 1. The highest BCUT2D eigenvalue weighted by atomic mass is 35.5. The first kappa shape index (κ1) is 22.2. The molecular formula is C21H23Cl2FN4O2. The Labute approximate surface area is 185 Å². The first-order valence-corrected chi connectivity index (χ1v) is 10.1. The van der Waals surface area contributed by atoms with Crippen molar-refractivity contribution in [1.29, 1.82) is 0 Å². The van der Waals surface area contributed by atoms with Crippen LogP contribution in [0.1, 0.15) is 36.7 Å². The number of ether oxygens (including phenoxy) is 1. The van der Waals surface area contributed by atoms with Gasteiger partial charge >= 0.3 is 0 Å². The van der Waals surface area contributed by atoms with E-state index >= 15 is 0 Å². The summed E-state index contributed by atoms with van der Waals surface area (Å²) in [4.78, 5) is 17.5. The molecule has 0 unspecified atom stereocenters. The van der Waals surface area contributed by atoms with Crippen molar-refractivity contribution < 1.29 is 13.9 Å². The van der Waals surface area contributed by atoms with Gasteiger partial charge in [-0.3, -0.25) is 9.80 Å². The number of benzene rings is 1. The highest BCUT2D eigenvalue weighted by molar-refractivity contribution is 6.33. The minimum atomic E-state index is -1.03. The van der Waals surface area contributed by atoms with Crippen LogP contribution in [0.2, 0.25) is 10.0 Å². The molecule has 0 spiro atoms. The lowest BCUT2D eigenvalue weighted by atomic mass is 10.0. The van der Waals surface area contributed by atoms with E-state index in [-0.39, 0.29) is 11.8 Å². The summed E-state index contributed by atoms with van der Waals surface area (Å²) < 4.78 is 18.4. The molecule has 1 aliphatic rings. The minimum absolute atomic E-state index is 0.231. The number of nitrogens with one attached hydrogen (secondary N) is 1. The van der Waals surface area contributed by atoms with E-state index < -0.39 is 12.4 Å². The number of rotatable bonds is 5. The zero-order valence-electron chi connectivity index (χ0n) is 17.2. The van der Waals surface area contributed by atoms with E-state index in [9.17, 15) is 9.18 Å². The zero-order chi connectivity index (χ0) is 22.1. The Balaban J connectivity index is 2.17. The highest BCUT2D eigenvalue weighted by Crippen LogP contribution is 2.38. The average Bonchev–Trinajstić information content (AvgIpc) is 3.03. The first-order valence-electron chi connectivity index (χ1n) is 9.32. The monoisotopic (exact) mass is 452 g/mol. The molecule has 160 valence electrons. The number of halogens is 3. The van der Waals surface area contributed by atoms with Crippen LogP contribution in [-0.2, 0) is 4.74 Å². The number of nitrogens with zero attached hydrogens (tertiary/aromatic N) is 3. The Morgan fingerprint density at radius 3 is 2.70 bits per heavy atom. The third-order valence-corrected chi connectivity index (χ3v) is 4.80. The van der Waals surface area contributed by atoms with E-state index in [1.54, 1.807) is 46.6 Å². The molecule has 30 heavy (non-hydrogen) atoms. The van der Waals surface area contributed by atoms with Gasteiger partial charge < -0.3 is 10.1 Å². The van der Waals surface area contributed by atoms with Crippen LogP contribution in [-0.4, -0.2) is 29.8 Å². The van der Waals surface area contributed by atoms with Gasteiger partial charge in [-0.25, -0.2) is 14.4 Å². The topological polar surface area (TPSA) is 57.7 Å². The van der Waals surface area contributed by atoms with Gasteiger partial charge in [0.2, 0.25) is 12.7 Å². The smallest absolute Gasteiger partial charge is 0.253 e. The molecule has 0 radical (unpaired) electrons. The van der Waals surface area contributed by atoms with Gasteiger partial charge in [0.25, 0.3) is 5.91 Å². The first-order chi connectivity index (χ1) is 14.1. The lowest BCUT2D eigenvalue weighted by molar-refractivity contribution is 0.0919. The van der Waals surface area contributed by atoms with Crippen molar-refractivity contribution in [3.8, 4) is 0 Å². The van der Waals surface area contributed by atoms with Crippen molar-refractivity contribution in [2.45, 2.75) is 33.2 Å². The second-order valence-electron chi connectivity index (χ2n) is 7.82. The maximum Gasteiger partial charge on any atom is 0.253 e. The number of hydrogen-bond acceptors (Lipinski definition) is 5. The standard InChI is InChI=1S/C21H23Cl2FN4O2/c1-13-10-14(22)11-15(20(29)26-21(2,3)4)18(13)28-17(30-12-24)7-9-27(28)19-16(23)6-5-8-25-19/h5-8,10-11H,9,12H2,1-4H3,(H,26,29). The van der Waals surface area contributed by atoms with E-state index in [4.69, 9.17) is 27.9 Å². The average molecular weight is 453 g/mol. The number of hydrazine groups is 1. The number of hydrogen-bond donors (Lipinski definition) is 1. The van der Waals surface area contributed by atoms with Crippen molar-refractivity contribution in [2.75, 3.05) is 23.4 Å². The fourth-order valence-electron chi connectivity index (χ4n) is 3.20. The predicted molar refractivity (Wildman–Crippen MR) is 118 cm³/mol. The van der Waals surface area contributed by atoms with E-state index in [0.717, 1.165) is 0 Å². The molecule has 1 aliphatic heterocycles. The van der Waals surface area contributed by atoms with Crippen LogP contribution in [0.4, 0.5) is 15.9 Å². The fourth-order valence-corrected chi connectivity index (χ4v) is 3.70. The molecule has 1 aromatic heterocycles. The number of alkyl halides is 1. The van der Waals surface area contributed by atoms with Gasteiger partial charge in [-0.15, -0.1) is 0 Å². The third-order valence-electron chi connectivity index (χ3n) is 4.29. The van der Waals surface area contributed by atoms with Crippen molar-refractivity contribution in [3.63, 3.8) is 0 Å². The SMILES string of the molecule is Cc1cc(Cl)cc(C(=O)NC(C)(C)C)c1N1C(OCF)=CCN1c1ncccc1Cl. The van der Waals surface area contributed by atoms with Crippen molar-refractivity contribution >= 4 is 40.6 Å². The Kier molecular flexibility index (Phi) is 6.43. The van der Waals surface area contributed by atoms with E-state index in [1.807, 2.05) is 27.7 Å². The van der Waals surface area contributed by atoms with Gasteiger partial charge in [0.15, 0.2) is 5.82 Å². The van der Waals surface area contributed by atoms with Gasteiger partial charge in [0.1, 0.15) is 0 Å². The van der Waals surface area contributed by atoms with Crippen LogP contribution in [0.5, 0.6) is 0 Å². The number of aryl methyl sites for hydroxylation is 1. The summed E-state index contributed by atoms with van der Waals surface area (Å²) in [5.41, 5.74) is 1.06. The van der Waals surface area contributed by atoms with E-state index in [1.165, 1.54) is 0 Å². The maximum absolute atomic E-state index is 13.1. The summed E-state index contributed by atoms with van der Waals surface area (Å²) >= 11 is 12.6. The molecule has 1 amide bonds. The number of carbonyl (C=O) groups is 1. The Bertz CT molecular complexity index is 991. The summed E-state index contributed by atoms with van der Waals surface area (Å²) in [5, 5.41) is 7.09. The van der Waals surface area contributed by atoms with Crippen LogP contribution < -0.4 is 15.3 Å². The molecule has 0 aliphatic carbocycles. The van der Waals surface area contributed by atoms with Gasteiger partial charge in [-0.05, 0) is 63.6 Å². The molecule has 6 nitrogen and oxygen atoms in total. The van der Waals surface area contributed by atoms with Crippen molar-refractivity contribution in [3.05, 3.63) is 63.6 Å². The molecule has 2 heterocycles.